The molecule has 4 aliphatic rings. The van der Waals surface area contributed by atoms with Crippen molar-refractivity contribution in [1.29, 1.82) is 10.5 Å². The molecule has 0 radical (unpaired) electrons. The van der Waals surface area contributed by atoms with Crippen LogP contribution < -0.4 is 31.1 Å². The van der Waals surface area contributed by atoms with Crippen LogP contribution in [0.4, 0.5) is 42.9 Å². The summed E-state index contributed by atoms with van der Waals surface area (Å²) in [4.78, 5) is 93.8. The molecule has 4 aliphatic heterocycles. The summed E-state index contributed by atoms with van der Waals surface area (Å²) in [6.45, 7) is 13.7. The van der Waals surface area contributed by atoms with Gasteiger partial charge in [-0.2, -0.15) is 10.5 Å². The van der Waals surface area contributed by atoms with E-state index in [2.05, 4.69) is 71.7 Å². The molecular weight excluding hydrogens is 1290 g/mol. The van der Waals surface area contributed by atoms with Crippen LogP contribution in [0, 0.1) is 75.8 Å². The zero-order valence-electron chi connectivity index (χ0n) is 53.8. The molecule has 2 aromatic heterocycles. The van der Waals surface area contributed by atoms with Crippen molar-refractivity contribution in [2.24, 2.45) is 0 Å². The summed E-state index contributed by atoms with van der Waals surface area (Å²) in [5.41, 5.74) is 12.7. The summed E-state index contributed by atoms with van der Waals surface area (Å²) in [6, 6.07) is 30.4. The van der Waals surface area contributed by atoms with Gasteiger partial charge in [0.2, 0.25) is 23.6 Å². The third kappa shape index (κ3) is 14.0. The highest BCUT2D eigenvalue weighted by Crippen LogP contribution is 2.40. The highest BCUT2D eigenvalue weighted by Gasteiger charge is 2.45. The number of nitriles is 2. The van der Waals surface area contributed by atoms with Crippen molar-refractivity contribution in [2.75, 3.05) is 46.6 Å². The first-order chi connectivity index (χ1) is 46.5. The topological polar surface area (TPSA) is 280 Å². The molecule has 0 bridgehead atoms. The summed E-state index contributed by atoms with van der Waals surface area (Å²) in [5.74, 6) is -3.64. The Labute approximate surface area is 567 Å². The lowest BCUT2D eigenvalue weighted by Crippen LogP contribution is -2.54. The van der Waals surface area contributed by atoms with Crippen molar-refractivity contribution < 1.29 is 51.4 Å². The molecule has 2 unspecified atom stereocenters. The molecule has 8 aromatic rings. The highest BCUT2D eigenvalue weighted by molar-refractivity contribution is 6.32. The summed E-state index contributed by atoms with van der Waals surface area (Å²) in [5, 5.41) is 38.4. The van der Waals surface area contributed by atoms with Crippen LogP contribution in [0.1, 0.15) is 133 Å². The summed E-state index contributed by atoms with van der Waals surface area (Å²) in [6.07, 6.45) is 3.06. The Morgan fingerprint density at radius 2 is 1.02 bits per heavy atom. The van der Waals surface area contributed by atoms with Crippen molar-refractivity contribution >= 4 is 98.7 Å². The van der Waals surface area contributed by atoms with Crippen LogP contribution in [0.2, 0.25) is 10.0 Å². The van der Waals surface area contributed by atoms with E-state index in [-0.39, 0.29) is 66.5 Å². The molecule has 2 atom stereocenters. The molecule has 4 N–H and O–H groups in total. The number of unbranched alkanes of at least 4 members (excludes halogenated alkanes) is 2. The van der Waals surface area contributed by atoms with E-state index in [1.807, 2.05) is 71.9 Å². The number of carbonyl (C=O) groups is 7. The number of aromatic nitrogens is 2. The fraction of sp³-hybridized carbons (Fsp3) is 0.292. The fourth-order valence-electron chi connectivity index (χ4n) is 12.8. The SMILES string of the molecule is Cc1ccc(-c2c(C)noc2C)cc1N(CCCCNc1cc2c(cc1F)C(=O)N(C1CCC(=O)NC1=O)C2=O)c1ccc(C#N)c(Cl)c1.Cc1ccc(-c2c(C)noc2C)cc1N(CCCCNc1cc2c(cc1F)CN(C1CCC(=O)NC1=O)C2=O)c1ccc(C#N)c(Cl)c1. The summed E-state index contributed by atoms with van der Waals surface area (Å²) < 4.78 is 41.1. The van der Waals surface area contributed by atoms with Gasteiger partial charge in [-0.15, -0.1) is 0 Å². The number of fused-ring (bicyclic) bond motifs is 2. The van der Waals surface area contributed by atoms with Gasteiger partial charge in [0.15, 0.2) is 0 Å². The maximum atomic E-state index is 15.2. The lowest BCUT2D eigenvalue weighted by Gasteiger charge is -2.29. The normalized spacial score (nSPS) is 15.7. The highest BCUT2D eigenvalue weighted by atomic mass is 35.5. The number of halogens is 4. The van der Waals surface area contributed by atoms with E-state index < -0.39 is 53.3 Å². The second-order valence-electron chi connectivity index (χ2n) is 24.2. The molecule has 2 saturated heterocycles. The number of nitrogens with zero attached hydrogens (tertiary/aromatic N) is 8. The molecule has 0 saturated carbocycles. The van der Waals surface area contributed by atoms with Crippen LogP contribution >= 0.6 is 23.2 Å². The molecule has 25 heteroatoms. The first-order valence-electron chi connectivity index (χ1n) is 31.6. The van der Waals surface area contributed by atoms with Crippen LogP contribution in [-0.4, -0.2) is 99.7 Å². The quantitative estimate of drug-likeness (QED) is 0.0407. The number of amides is 7. The lowest BCUT2D eigenvalue weighted by atomic mass is 10.0. The Bertz CT molecular complexity index is 4590. The average molecular weight is 1350 g/mol. The zero-order valence-corrected chi connectivity index (χ0v) is 55.4. The number of imide groups is 3. The van der Waals surface area contributed by atoms with Gasteiger partial charge in [0.25, 0.3) is 17.7 Å². The van der Waals surface area contributed by atoms with Gasteiger partial charge in [0, 0.05) is 85.0 Å². The summed E-state index contributed by atoms with van der Waals surface area (Å²) in [7, 11) is 0. The van der Waals surface area contributed by atoms with Crippen molar-refractivity contribution in [2.45, 2.75) is 112 Å². The van der Waals surface area contributed by atoms with Crippen molar-refractivity contribution in [3.05, 3.63) is 186 Å². The molecule has 6 aromatic carbocycles. The third-order valence-electron chi connectivity index (χ3n) is 17.8. The summed E-state index contributed by atoms with van der Waals surface area (Å²) >= 11 is 12.9. The first-order valence-corrected chi connectivity index (χ1v) is 32.3. The molecule has 6 heterocycles. The number of carbonyl (C=O) groups excluding carboxylic acids is 7. The molecule has 12 rings (SSSR count). The van der Waals surface area contributed by atoms with E-state index in [0.29, 0.717) is 89.9 Å². The first kappa shape index (κ1) is 67.7. The second kappa shape index (κ2) is 28.7. The molecule has 2 fully saturated rings. The maximum Gasteiger partial charge on any atom is 0.262 e. The maximum absolute atomic E-state index is 15.2. The van der Waals surface area contributed by atoms with Crippen LogP contribution in [0.5, 0.6) is 0 Å². The van der Waals surface area contributed by atoms with Gasteiger partial charge in [0.1, 0.15) is 47.4 Å². The van der Waals surface area contributed by atoms with Gasteiger partial charge < -0.3 is 34.4 Å². The van der Waals surface area contributed by atoms with E-state index in [4.69, 9.17) is 32.2 Å². The van der Waals surface area contributed by atoms with Gasteiger partial charge in [-0.25, -0.2) is 8.78 Å². The van der Waals surface area contributed by atoms with E-state index in [1.165, 1.54) is 23.1 Å². The minimum Gasteiger partial charge on any atom is -0.383 e. The smallest absolute Gasteiger partial charge is 0.262 e. The molecule has 7 amide bonds. The van der Waals surface area contributed by atoms with Crippen molar-refractivity contribution in [1.82, 2.24) is 30.7 Å². The predicted octanol–water partition coefficient (Wildman–Crippen LogP) is 13.1. The number of nitrogens with one attached hydrogen (secondary N) is 4. The Morgan fingerprint density at radius 3 is 1.46 bits per heavy atom. The standard InChI is InChI=1S/C36H32ClFN6O5.C36H34ClFN6O4/c1-19-6-7-22(33-20(2)42-49-21(33)3)14-31(19)43(24-9-8-23(18-39)27(37)15-24)13-5-4-12-40-29-17-26-25(16-28(29)38)35(47)44(36(26)48)30-10-11-32(45)41-34(30)46;1-20-6-7-23(34-21(2)42-48-22(34)3)15-32(20)43(26-9-8-24(18-39)28(37)16-26)13-5-4-12-40-30-17-27-25(14-29(30)38)19-44(36(27)47)31-10-11-33(45)41-35(31)46/h6-9,14-17,30,40H,4-5,10-13H2,1-3H3,(H,41,45,46);6-9,14-17,31,40H,4-5,10-13,19H2,1-3H3,(H,41,45,46). The molecule has 0 spiro atoms. The number of anilines is 6. The Hall–Kier alpha value is -10.8. The fourth-order valence-corrected chi connectivity index (χ4v) is 13.2. The third-order valence-corrected chi connectivity index (χ3v) is 18.4. The van der Waals surface area contributed by atoms with Crippen LogP contribution in [0.3, 0.4) is 0 Å². The predicted molar refractivity (Wildman–Crippen MR) is 360 cm³/mol. The average Bonchev–Trinajstić information content (AvgIpc) is 1.63. The van der Waals surface area contributed by atoms with E-state index in [9.17, 15) is 44.1 Å². The van der Waals surface area contributed by atoms with Crippen LogP contribution in [0.25, 0.3) is 22.3 Å². The lowest BCUT2D eigenvalue weighted by molar-refractivity contribution is -0.138. The van der Waals surface area contributed by atoms with Gasteiger partial charge >= 0.3 is 0 Å². The van der Waals surface area contributed by atoms with Crippen LogP contribution in [-0.2, 0) is 25.7 Å². The van der Waals surface area contributed by atoms with Crippen molar-refractivity contribution in [3.63, 3.8) is 0 Å². The van der Waals surface area contributed by atoms with E-state index >= 15 is 8.78 Å². The van der Waals surface area contributed by atoms with Crippen LogP contribution in [0.15, 0.2) is 106 Å². The Balaban J connectivity index is 0.000000197. The Kier molecular flexibility index (Phi) is 20.0. The van der Waals surface area contributed by atoms with Gasteiger partial charge in [0.05, 0.1) is 55.1 Å². The van der Waals surface area contributed by atoms with Gasteiger partial charge in [-0.1, -0.05) is 57.8 Å². The minimum absolute atomic E-state index is 0.00359. The number of hydrogen-bond donors (Lipinski definition) is 4. The number of aryl methyl sites for hydroxylation is 6. The molecular formula is C72H66Cl2F2N12O9. The monoisotopic (exact) mass is 1350 g/mol. The number of benzene rings is 6. The van der Waals surface area contributed by atoms with Gasteiger partial charge in [-0.3, -0.25) is 49.1 Å². The number of piperidine rings is 2. The molecule has 496 valence electrons. The molecule has 21 nitrogen and oxygen atoms in total. The zero-order chi connectivity index (χ0) is 69.1. The van der Waals surface area contributed by atoms with E-state index in [1.54, 1.807) is 24.3 Å². The molecule has 97 heavy (non-hydrogen) atoms. The largest absolute Gasteiger partial charge is 0.383 e. The minimum atomic E-state index is -1.13. The number of hydrogen-bond acceptors (Lipinski definition) is 17. The second-order valence-corrected chi connectivity index (χ2v) is 25.1. The van der Waals surface area contributed by atoms with Crippen molar-refractivity contribution in [3.8, 4) is 34.4 Å². The van der Waals surface area contributed by atoms with Gasteiger partial charge in [-0.05, 0) is 181 Å². The van der Waals surface area contributed by atoms with E-state index in [0.717, 1.165) is 84.2 Å². The number of rotatable bonds is 20. The molecule has 0 aliphatic carbocycles. The Morgan fingerprint density at radius 1 is 0.567 bits per heavy atom.